The lowest BCUT2D eigenvalue weighted by Crippen LogP contribution is -2.30. The zero-order valence-corrected chi connectivity index (χ0v) is 15.4. The van der Waals surface area contributed by atoms with E-state index < -0.39 is 22.9 Å². The number of non-ortho nitro benzene ring substituents is 1. The van der Waals surface area contributed by atoms with E-state index in [-0.39, 0.29) is 27.0 Å². The molecule has 1 N–H and O–H groups in total. The summed E-state index contributed by atoms with van der Waals surface area (Å²) in [6.07, 6.45) is -1.18. The highest BCUT2D eigenvalue weighted by atomic mass is 35.5. The molecule has 0 spiro atoms. The molecule has 1 unspecified atom stereocenters. The molecular formula is C16H11Cl3N2O5. The Morgan fingerprint density at radius 1 is 1.12 bits per heavy atom. The van der Waals surface area contributed by atoms with E-state index in [1.165, 1.54) is 19.1 Å². The Morgan fingerprint density at radius 3 is 2.42 bits per heavy atom. The first-order valence-corrected chi connectivity index (χ1v) is 8.23. The van der Waals surface area contributed by atoms with Crippen molar-refractivity contribution in [2.24, 2.45) is 0 Å². The van der Waals surface area contributed by atoms with Crippen molar-refractivity contribution in [1.29, 1.82) is 0 Å². The fraction of sp³-hybridized carbons (Fsp3) is 0.125. The van der Waals surface area contributed by atoms with Crippen LogP contribution in [0, 0.1) is 10.1 Å². The molecule has 0 aliphatic carbocycles. The van der Waals surface area contributed by atoms with Gasteiger partial charge in [-0.1, -0.05) is 34.8 Å². The highest BCUT2D eigenvalue weighted by Crippen LogP contribution is 2.26. The summed E-state index contributed by atoms with van der Waals surface area (Å²) < 4.78 is 5.04. The summed E-state index contributed by atoms with van der Waals surface area (Å²) in [6.45, 7) is 1.35. The quantitative estimate of drug-likeness (QED) is 0.430. The van der Waals surface area contributed by atoms with Gasteiger partial charge in [0.1, 0.15) is 0 Å². The number of nitrogens with one attached hydrogen (secondary N) is 1. The Morgan fingerprint density at radius 2 is 1.81 bits per heavy atom. The summed E-state index contributed by atoms with van der Waals surface area (Å²) in [6, 6.07) is 7.80. The predicted octanol–water partition coefficient (Wildman–Crippen LogP) is 4.74. The maximum Gasteiger partial charge on any atom is 0.340 e. The number of hydrogen-bond donors (Lipinski definition) is 1. The second-order valence-electron chi connectivity index (χ2n) is 5.08. The average molecular weight is 418 g/mol. The number of anilines is 1. The molecule has 2 aromatic rings. The number of hydrogen-bond acceptors (Lipinski definition) is 5. The van der Waals surface area contributed by atoms with Crippen molar-refractivity contribution in [3.63, 3.8) is 0 Å². The first-order chi connectivity index (χ1) is 12.2. The highest BCUT2D eigenvalue weighted by Gasteiger charge is 2.22. The van der Waals surface area contributed by atoms with E-state index in [0.29, 0.717) is 5.02 Å². The summed E-state index contributed by atoms with van der Waals surface area (Å²) >= 11 is 17.7. The van der Waals surface area contributed by atoms with E-state index in [0.717, 1.165) is 18.2 Å². The van der Waals surface area contributed by atoms with E-state index in [9.17, 15) is 19.7 Å². The Hall–Kier alpha value is -2.35. The molecule has 0 saturated carbocycles. The van der Waals surface area contributed by atoms with Gasteiger partial charge in [-0.15, -0.1) is 0 Å². The Balaban J connectivity index is 2.07. The molecule has 10 heteroatoms. The first-order valence-electron chi connectivity index (χ1n) is 7.10. The number of benzene rings is 2. The van der Waals surface area contributed by atoms with Crippen LogP contribution in [0.5, 0.6) is 0 Å². The topological polar surface area (TPSA) is 98.5 Å². The fourth-order valence-electron chi connectivity index (χ4n) is 1.89. The molecule has 0 radical (unpaired) electrons. The van der Waals surface area contributed by atoms with Gasteiger partial charge in [-0.05, 0) is 31.2 Å². The van der Waals surface area contributed by atoms with Gasteiger partial charge in [-0.25, -0.2) is 4.79 Å². The van der Waals surface area contributed by atoms with Crippen LogP contribution in [-0.4, -0.2) is 22.9 Å². The van der Waals surface area contributed by atoms with Gasteiger partial charge in [-0.2, -0.15) is 0 Å². The second-order valence-corrected chi connectivity index (χ2v) is 6.33. The van der Waals surface area contributed by atoms with Crippen LogP contribution >= 0.6 is 34.8 Å². The molecule has 1 atom stereocenters. The minimum Gasteiger partial charge on any atom is -0.449 e. The number of amides is 1. The predicted molar refractivity (Wildman–Crippen MR) is 98.1 cm³/mol. The summed E-state index contributed by atoms with van der Waals surface area (Å²) in [5, 5.41) is 13.6. The van der Waals surface area contributed by atoms with Gasteiger partial charge in [-0.3, -0.25) is 14.9 Å². The van der Waals surface area contributed by atoms with E-state index in [1.807, 2.05) is 0 Å². The number of rotatable bonds is 5. The fourth-order valence-corrected chi connectivity index (χ4v) is 2.48. The molecular weight excluding hydrogens is 407 g/mol. The van der Waals surface area contributed by atoms with Crippen molar-refractivity contribution in [3.05, 3.63) is 67.1 Å². The molecule has 0 heterocycles. The molecule has 1 amide bonds. The molecule has 0 aromatic heterocycles. The van der Waals surface area contributed by atoms with Crippen LogP contribution in [0.15, 0.2) is 36.4 Å². The lowest BCUT2D eigenvalue weighted by molar-refractivity contribution is -0.384. The molecule has 0 fully saturated rings. The SMILES string of the molecule is CC(OC(=O)c1ccc([N+](=O)[O-])cc1Cl)C(=O)Nc1cc(Cl)ccc1Cl. The third-order valence-electron chi connectivity index (χ3n) is 3.22. The molecule has 26 heavy (non-hydrogen) atoms. The third kappa shape index (κ3) is 4.85. The van der Waals surface area contributed by atoms with E-state index in [4.69, 9.17) is 39.5 Å². The van der Waals surface area contributed by atoms with Crippen LogP contribution in [-0.2, 0) is 9.53 Å². The van der Waals surface area contributed by atoms with Gasteiger partial charge in [0.15, 0.2) is 6.10 Å². The van der Waals surface area contributed by atoms with Crippen molar-refractivity contribution in [2.75, 3.05) is 5.32 Å². The first kappa shape index (κ1) is 20.0. The average Bonchev–Trinajstić information content (AvgIpc) is 2.57. The number of carbonyl (C=O) groups is 2. The van der Waals surface area contributed by atoms with Crippen LogP contribution in [0.1, 0.15) is 17.3 Å². The van der Waals surface area contributed by atoms with Gasteiger partial charge in [0.25, 0.3) is 11.6 Å². The van der Waals surface area contributed by atoms with Gasteiger partial charge in [0.05, 0.1) is 26.2 Å². The number of halogens is 3. The lowest BCUT2D eigenvalue weighted by Gasteiger charge is -2.15. The summed E-state index contributed by atoms with van der Waals surface area (Å²) in [5.41, 5.74) is -0.105. The monoisotopic (exact) mass is 416 g/mol. The molecule has 136 valence electrons. The minimum absolute atomic E-state index is 0.0993. The Labute approximate surface area is 162 Å². The molecule has 0 bridgehead atoms. The zero-order valence-electron chi connectivity index (χ0n) is 13.2. The van der Waals surface area contributed by atoms with Gasteiger partial charge in [0.2, 0.25) is 0 Å². The molecule has 2 aromatic carbocycles. The minimum atomic E-state index is -1.18. The van der Waals surface area contributed by atoms with Crippen LogP contribution < -0.4 is 5.32 Å². The summed E-state index contributed by atoms with van der Waals surface area (Å²) in [5.74, 6) is -1.54. The third-order valence-corrected chi connectivity index (χ3v) is 4.10. The highest BCUT2D eigenvalue weighted by molar-refractivity contribution is 6.36. The normalized spacial score (nSPS) is 11.5. The van der Waals surface area contributed by atoms with Crippen LogP contribution in [0.25, 0.3) is 0 Å². The van der Waals surface area contributed by atoms with Crippen LogP contribution in [0.3, 0.4) is 0 Å². The van der Waals surface area contributed by atoms with Gasteiger partial charge < -0.3 is 10.1 Å². The van der Waals surface area contributed by atoms with Gasteiger partial charge in [0, 0.05) is 17.2 Å². The maximum atomic E-state index is 12.2. The number of carbonyl (C=O) groups excluding carboxylic acids is 2. The number of nitro benzene ring substituents is 1. The largest absolute Gasteiger partial charge is 0.449 e. The lowest BCUT2D eigenvalue weighted by atomic mass is 10.2. The van der Waals surface area contributed by atoms with Crippen LogP contribution in [0.2, 0.25) is 15.1 Å². The maximum absolute atomic E-state index is 12.2. The van der Waals surface area contributed by atoms with E-state index in [1.54, 1.807) is 6.07 Å². The molecule has 2 rings (SSSR count). The van der Waals surface area contributed by atoms with Crippen molar-refractivity contribution in [3.8, 4) is 0 Å². The number of esters is 1. The Kier molecular flexibility index (Phi) is 6.42. The van der Waals surface area contributed by atoms with E-state index in [2.05, 4.69) is 5.32 Å². The Bertz CT molecular complexity index is 888. The smallest absolute Gasteiger partial charge is 0.340 e. The molecule has 0 aliphatic heterocycles. The number of nitro groups is 1. The van der Waals surface area contributed by atoms with Crippen molar-refractivity contribution < 1.29 is 19.2 Å². The second kappa shape index (κ2) is 8.35. The molecule has 0 aliphatic rings. The standard InChI is InChI=1S/C16H11Cl3N2O5/c1-8(15(22)20-14-6-9(17)2-5-12(14)18)26-16(23)11-4-3-10(21(24)25)7-13(11)19/h2-8H,1H3,(H,20,22). The number of ether oxygens (including phenoxy) is 1. The van der Waals surface area contributed by atoms with Gasteiger partial charge >= 0.3 is 5.97 Å². The van der Waals surface area contributed by atoms with Crippen molar-refractivity contribution >= 4 is 58.1 Å². The van der Waals surface area contributed by atoms with Crippen molar-refractivity contribution in [2.45, 2.75) is 13.0 Å². The van der Waals surface area contributed by atoms with E-state index >= 15 is 0 Å². The molecule has 7 nitrogen and oxygen atoms in total. The summed E-state index contributed by atoms with van der Waals surface area (Å²) in [7, 11) is 0. The van der Waals surface area contributed by atoms with Crippen molar-refractivity contribution in [1.82, 2.24) is 0 Å². The van der Waals surface area contributed by atoms with Crippen LogP contribution in [0.4, 0.5) is 11.4 Å². The summed E-state index contributed by atoms with van der Waals surface area (Å²) in [4.78, 5) is 34.3. The molecule has 0 saturated heterocycles. The zero-order chi connectivity index (χ0) is 19.4. The number of nitrogens with zero attached hydrogens (tertiary/aromatic N) is 1.